The number of rotatable bonds is 6. The van der Waals surface area contributed by atoms with E-state index in [0.717, 1.165) is 16.0 Å². The highest BCUT2D eigenvalue weighted by molar-refractivity contribution is 6.39. The third-order valence-electron chi connectivity index (χ3n) is 4.42. The van der Waals surface area contributed by atoms with Gasteiger partial charge in [-0.1, -0.05) is 18.2 Å². The SMILES string of the molecule is CCOC(=O)COc1ccc(/C=C2\C(=O)NC(=O)N(c3cc(C)cc(C)c3)C2=O)cc1. The van der Waals surface area contributed by atoms with Crippen LogP contribution < -0.4 is 15.0 Å². The van der Waals surface area contributed by atoms with Crippen molar-refractivity contribution in [3.63, 3.8) is 0 Å². The van der Waals surface area contributed by atoms with Crippen molar-refractivity contribution in [1.82, 2.24) is 5.32 Å². The third-order valence-corrected chi connectivity index (χ3v) is 4.42. The molecule has 4 amide bonds. The Kier molecular flexibility index (Phi) is 6.49. The number of nitrogens with zero attached hydrogens (tertiary/aromatic N) is 1. The summed E-state index contributed by atoms with van der Waals surface area (Å²) in [7, 11) is 0. The number of barbiturate groups is 1. The number of hydrogen-bond acceptors (Lipinski definition) is 6. The van der Waals surface area contributed by atoms with Gasteiger partial charge in [-0.25, -0.2) is 14.5 Å². The third kappa shape index (κ3) is 5.16. The molecule has 1 aliphatic rings. The van der Waals surface area contributed by atoms with E-state index in [4.69, 9.17) is 9.47 Å². The lowest BCUT2D eigenvalue weighted by molar-refractivity contribution is -0.145. The van der Waals surface area contributed by atoms with Gasteiger partial charge in [-0.05, 0) is 67.8 Å². The van der Waals surface area contributed by atoms with Gasteiger partial charge >= 0.3 is 12.0 Å². The molecule has 1 saturated heterocycles. The van der Waals surface area contributed by atoms with Crippen LogP contribution in [0.15, 0.2) is 48.0 Å². The van der Waals surface area contributed by atoms with Gasteiger partial charge in [0.1, 0.15) is 11.3 Å². The van der Waals surface area contributed by atoms with Crippen molar-refractivity contribution in [2.75, 3.05) is 18.1 Å². The number of benzene rings is 2. The lowest BCUT2D eigenvalue weighted by Gasteiger charge is -2.27. The first-order valence-corrected chi connectivity index (χ1v) is 9.66. The highest BCUT2D eigenvalue weighted by Gasteiger charge is 2.36. The number of esters is 1. The molecule has 160 valence electrons. The van der Waals surface area contributed by atoms with Crippen molar-refractivity contribution in [2.45, 2.75) is 20.8 Å². The van der Waals surface area contributed by atoms with Crippen molar-refractivity contribution < 1.29 is 28.7 Å². The second kappa shape index (κ2) is 9.25. The first-order valence-electron chi connectivity index (χ1n) is 9.66. The number of urea groups is 1. The van der Waals surface area contributed by atoms with Crippen LogP contribution in [0, 0.1) is 13.8 Å². The quantitative estimate of drug-likeness (QED) is 0.436. The van der Waals surface area contributed by atoms with E-state index in [1.807, 2.05) is 19.9 Å². The molecule has 0 unspecified atom stereocenters. The number of anilines is 1. The van der Waals surface area contributed by atoms with Crippen LogP contribution in [0.5, 0.6) is 5.75 Å². The summed E-state index contributed by atoms with van der Waals surface area (Å²) in [5, 5.41) is 2.21. The minimum absolute atomic E-state index is 0.168. The zero-order valence-electron chi connectivity index (χ0n) is 17.4. The molecular weight excluding hydrogens is 400 g/mol. The summed E-state index contributed by atoms with van der Waals surface area (Å²) >= 11 is 0. The summed E-state index contributed by atoms with van der Waals surface area (Å²) in [5.74, 6) is -1.52. The predicted molar refractivity (Wildman–Crippen MR) is 113 cm³/mol. The molecule has 0 aliphatic carbocycles. The molecule has 1 aliphatic heterocycles. The zero-order valence-corrected chi connectivity index (χ0v) is 17.4. The van der Waals surface area contributed by atoms with Crippen LogP contribution in [0.1, 0.15) is 23.6 Å². The molecule has 3 rings (SSSR count). The molecule has 1 N–H and O–H groups in total. The molecule has 0 radical (unpaired) electrons. The van der Waals surface area contributed by atoms with Gasteiger partial charge in [0, 0.05) is 0 Å². The Morgan fingerprint density at radius 1 is 1.03 bits per heavy atom. The maximum Gasteiger partial charge on any atom is 0.344 e. The molecule has 8 heteroatoms. The molecule has 2 aromatic rings. The number of carbonyl (C=O) groups is 4. The fourth-order valence-electron chi connectivity index (χ4n) is 3.14. The summed E-state index contributed by atoms with van der Waals surface area (Å²) in [6.45, 7) is 5.47. The molecule has 0 aromatic heterocycles. The van der Waals surface area contributed by atoms with Crippen LogP contribution in [0.4, 0.5) is 10.5 Å². The number of carbonyl (C=O) groups excluding carboxylic acids is 4. The van der Waals surface area contributed by atoms with Gasteiger partial charge in [-0.3, -0.25) is 14.9 Å². The lowest BCUT2D eigenvalue weighted by Crippen LogP contribution is -2.54. The molecule has 0 bridgehead atoms. The Bertz CT molecular complexity index is 1050. The lowest BCUT2D eigenvalue weighted by atomic mass is 10.1. The van der Waals surface area contributed by atoms with E-state index < -0.39 is 23.8 Å². The number of amides is 4. The molecule has 1 heterocycles. The zero-order chi connectivity index (χ0) is 22.5. The van der Waals surface area contributed by atoms with E-state index in [9.17, 15) is 19.2 Å². The summed E-state index contributed by atoms with van der Waals surface area (Å²) in [6.07, 6.45) is 1.40. The highest BCUT2D eigenvalue weighted by atomic mass is 16.6. The summed E-state index contributed by atoms with van der Waals surface area (Å²) < 4.78 is 10.1. The van der Waals surface area contributed by atoms with Crippen LogP contribution in [-0.4, -0.2) is 37.0 Å². The number of hydrogen-bond donors (Lipinski definition) is 1. The van der Waals surface area contributed by atoms with Gasteiger partial charge in [0.15, 0.2) is 6.61 Å². The van der Waals surface area contributed by atoms with Crippen LogP contribution in [-0.2, 0) is 19.1 Å². The average molecular weight is 422 g/mol. The molecule has 0 saturated carbocycles. The number of ether oxygens (including phenoxy) is 2. The smallest absolute Gasteiger partial charge is 0.344 e. The van der Waals surface area contributed by atoms with E-state index in [1.54, 1.807) is 43.3 Å². The second-order valence-electron chi connectivity index (χ2n) is 6.97. The Hall–Kier alpha value is -3.94. The van der Waals surface area contributed by atoms with Crippen LogP contribution in [0.2, 0.25) is 0 Å². The van der Waals surface area contributed by atoms with Crippen LogP contribution in [0.3, 0.4) is 0 Å². The van der Waals surface area contributed by atoms with Crippen molar-refractivity contribution in [1.29, 1.82) is 0 Å². The van der Waals surface area contributed by atoms with Gasteiger partial charge in [-0.15, -0.1) is 0 Å². The topological polar surface area (TPSA) is 102 Å². The summed E-state index contributed by atoms with van der Waals surface area (Å²) in [5.41, 5.74) is 2.55. The fourth-order valence-corrected chi connectivity index (χ4v) is 3.14. The van der Waals surface area contributed by atoms with Gasteiger partial charge in [0.25, 0.3) is 11.8 Å². The summed E-state index contributed by atoms with van der Waals surface area (Å²) in [4.78, 5) is 49.9. The Labute approximate surface area is 179 Å². The Morgan fingerprint density at radius 3 is 2.29 bits per heavy atom. The maximum absolute atomic E-state index is 13.0. The molecule has 2 aromatic carbocycles. The van der Waals surface area contributed by atoms with Crippen LogP contribution in [0.25, 0.3) is 6.08 Å². The van der Waals surface area contributed by atoms with Crippen molar-refractivity contribution in [2.24, 2.45) is 0 Å². The normalized spacial score (nSPS) is 15.1. The van der Waals surface area contributed by atoms with E-state index in [1.165, 1.54) is 6.08 Å². The number of imide groups is 2. The van der Waals surface area contributed by atoms with Crippen molar-refractivity contribution >= 4 is 35.6 Å². The molecule has 0 atom stereocenters. The monoisotopic (exact) mass is 422 g/mol. The molecule has 1 fully saturated rings. The second-order valence-corrected chi connectivity index (χ2v) is 6.97. The standard InChI is InChI=1S/C23H22N2O6/c1-4-30-20(26)13-31-18-7-5-16(6-8-18)12-19-21(27)24-23(29)25(22(19)28)17-10-14(2)9-15(3)11-17/h5-12H,4,13H2,1-3H3,(H,24,27,29)/b19-12+. The molecule has 31 heavy (non-hydrogen) atoms. The van der Waals surface area contributed by atoms with Crippen molar-refractivity contribution in [3.05, 3.63) is 64.7 Å². The van der Waals surface area contributed by atoms with Gasteiger partial charge in [-0.2, -0.15) is 0 Å². The maximum atomic E-state index is 13.0. The van der Waals surface area contributed by atoms with Crippen molar-refractivity contribution in [3.8, 4) is 5.75 Å². The average Bonchev–Trinajstić information content (AvgIpc) is 2.70. The minimum Gasteiger partial charge on any atom is -0.482 e. The van der Waals surface area contributed by atoms with Gasteiger partial charge < -0.3 is 9.47 Å². The largest absolute Gasteiger partial charge is 0.482 e. The first kappa shape index (κ1) is 21.8. The minimum atomic E-state index is -0.792. The van der Waals surface area contributed by atoms with Gasteiger partial charge in [0.2, 0.25) is 0 Å². The Balaban J connectivity index is 1.82. The van der Waals surface area contributed by atoms with E-state index >= 15 is 0 Å². The first-order chi connectivity index (χ1) is 14.8. The molecular formula is C23H22N2O6. The molecule has 0 spiro atoms. The van der Waals surface area contributed by atoms with E-state index in [-0.39, 0.29) is 18.8 Å². The van der Waals surface area contributed by atoms with E-state index in [0.29, 0.717) is 17.0 Å². The summed E-state index contributed by atoms with van der Waals surface area (Å²) in [6, 6.07) is 11.0. The van der Waals surface area contributed by atoms with Crippen LogP contribution >= 0.6 is 0 Å². The van der Waals surface area contributed by atoms with E-state index in [2.05, 4.69) is 5.32 Å². The predicted octanol–water partition coefficient (Wildman–Crippen LogP) is 2.91. The Morgan fingerprint density at radius 2 is 1.68 bits per heavy atom. The molecule has 8 nitrogen and oxygen atoms in total. The number of aryl methyl sites for hydroxylation is 2. The fraction of sp³-hybridized carbons (Fsp3) is 0.217. The van der Waals surface area contributed by atoms with Gasteiger partial charge in [0.05, 0.1) is 12.3 Å². The highest BCUT2D eigenvalue weighted by Crippen LogP contribution is 2.24. The number of nitrogens with one attached hydrogen (secondary N) is 1.